The van der Waals surface area contributed by atoms with Crippen LogP contribution in [0.3, 0.4) is 0 Å². The van der Waals surface area contributed by atoms with Crippen LogP contribution in [0, 0.1) is 6.07 Å². The molecule has 0 saturated carbocycles. The zero-order valence-corrected chi connectivity index (χ0v) is 6.76. The van der Waals surface area contributed by atoms with Gasteiger partial charge < -0.3 is 0 Å². The van der Waals surface area contributed by atoms with Crippen LogP contribution in [0.1, 0.15) is 0 Å². The summed E-state index contributed by atoms with van der Waals surface area (Å²) in [5.74, 6) is 0. The fourth-order valence-corrected chi connectivity index (χ4v) is 0.950. The molecule has 1 radical (unpaired) electrons. The Bertz CT molecular complexity index is 202. The first-order valence-electron chi connectivity index (χ1n) is 2.26. The number of rotatable bonds is 0. The lowest BCUT2D eigenvalue weighted by Gasteiger charge is -1.95. The molecular weight excluding hydrogens is 175 g/mol. The van der Waals surface area contributed by atoms with Gasteiger partial charge in [-0.3, -0.25) is 0 Å². The summed E-state index contributed by atoms with van der Waals surface area (Å²) in [4.78, 5) is 0.584. The van der Waals surface area contributed by atoms with Gasteiger partial charge >= 0.3 is 0 Å². The van der Waals surface area contributed by atoms with E-state index in [2.05, 4.69) is 18.7 Å². The molecule has 3 heteroatoms. The normalized spacial score (nSPS) is 9.67. The third kappa shape index (κ3) is 1.54. The van der Waals surface area contributed by atoms with E-state index in [4.69, 9.17) is 23.2 Å². The summed E-state index contributed by atoms with van der Waals surface area (Å²) in [6, 6.07) is 6.09. The minimum absolute atomic E-state index is 0.464. The van der Waals surface area contributed by atoms with E-state index < -0.39 is 0 Å². The molecule has 9 heavy (non-hydrogen) atoms. The van der Waals surface area contributed by atoms with E-state index in [1.807, 2.05) is 0 Å². The van der Waals surface area contributed by atoms with Crippen molar-refractivity contribution >= 4 is 35.8 Å². The highest BCUT2D eigenvalue weighted by Crippen LogP contribution is 2.26. The second-order valence-electron chi connectivity index (χ2n) is 1.49. The van der Waals surface area contributed by atoms with Crippen molar-refractivity contribution in [1.29, 1.82) is 0 Å². The Hall–Kier alpha value is 0.150. The minimum Gasteiger partial charge on any atom is -0.140 e. The molecule has 0 heterocycles. The molecule has 0 N–H and O–H groups in total. The van der Waals surface area contributed by atoms with Crippen LogP contribution in [0.15, 0.2) is 17.0 Å². The van der Waals surface area contributed by atoms with Crippen molar-refractivity contribution in [1.82, 2.24) is 0 Å². The van der Waals surface area contributed by atoms with Gasteiger partial charge in [-0.2, -0.15) is 0 Å². The van der Waals surface area contributed by atoms with E-state index in [0.717, 1.165) is 0 Å². The van der Waals surface area contributed by atoms with Crippen LogP contribution in [0.5, 0.6) is 0 Å². The summed E-state index contributed by atoms with van der Waals surface area (Å²) < 4.78 is 0. The van der Waals surface area contributed by atoms with E-state index in [1.165, 1.54) is 0 Å². The van der Waals surface area contributed by atoms with Crippen molar-refractivity contribution in [2.75, 3.05) is 0 Å². The number of benzene rings is 1. The average Bonchev–Trinajstić information content (AvgIpc) is 1.83. The molecule has 1 aromatic rings. The number of hydrogen-bond donors (Lipinski definition) is 1. The molecule has 0 atom stereocenters. The van der Waals surface area contributed by atoms with Crippen LogP contribution in [-0.4, -0.2) is 0 Å². The average molecular weight is 178 g/mol. The molecule has 0 nitrogen and oxygen atoms in total. The fourth-order valence-electron chi connectivity index (χ4n) is 0.440. The quantitative estimate of drug-likeness (QED) is 0.580. The van der Waals surface area contributed by atoms with Crippen LogP contribution >= 0.6 is 35.8 Å². The molecule has 1 aromatic carbocycles. The largest absolute Gasteiger partial charge is 0.140 e. The van der Waals surface area contributed by atoms with Gasteiger partial charge in [0, 0.05) is 11.0 Å². The molecule has 0 bridgehead atoms. The van der Waals surface area contributed by atoms with Crippen LogP contribution in [0.4, 0.5) is 0 Å². The monoisotopic (exact) mass is 177 g/mol. The Balaban J connectivity index is 3.25. The summed E-state index contributed by atoms with van der Waals surface area (Å²) in [5.41, 5.74) is 0. The van der Waals surface area contributed by atoms with Crippen LogP contribution in [0.25, 0.3) is 0 Å². The molecular formula is C6H3Cl2S. The van der Waals surface area contributed by atoms with Crippen molar-refractivity contribution in [3.63, 3.8) is 0 Å². The van der Waals surface area contributed by atoms with Gasteiger partial charge in [-0.25, -0.2) is 0 Å². The zero-order valence-electron chi connectivity index (χ0n) is 4.36. The molecule has 0 saturated heterocycles. The smallest absolute Gasteiger partial charge is 0.0633 e. The first-order valence-corrected chi connectivity index (χ1v) is 3.47. The molecule has 0 aliphatic heterocycles. The van der Waals surface area contributed by atoms with Crippen molar-refractivity contribution in [3.05, 3.63) is 28.2 Å². The summed E-state index contributed by atoms with van der Waals surface area (Å²) in [6.45, 7) is 0. The van der Waals surface area contributed by atoms with Gasteiger partial charge in [-0.1, -0.05) is 29.3 Å². The Labute approximate surface area is 69.2 Å². The Kier molecular flexibility index (Phi) is 2.28. The lowest BCUT2D eigenvalue weighted by atomic mass is 10.4. The highest BCUT2D eigenvalue weighted by molar-refractivity contribution is 7.80. The predicted molar refractivity (Wildman–Crippen MR) is 42.6 cm³/mol. The third-order valence-electron chi connectivity index (χ3n) is 0.874. The van der Waals surface area contributed by atoms with Gasteiger partial charge in [-0.15, -0.1) is 12.6 Å². The molecule has 0 amide bonds. The van der Waals surface area contributed by atoms with Crippen LogP contribution < -0.4 is 0 Å². The van der Waals surface area contributed by atoms with Crippen LogP contribution in [-0.2, 0) is 0 Å². The summed E-state index contributed by atoms with van der Waals surface area (Å²) >= 11 is 15.2. The van der Waals surface area contributed by atoms with E-state index in [0.29, 0.717) is 14.9 Å². The molecule has 0 spiro atoms. The summed E-state index contributed by atoms with van der Waals surface area (Å²) in [5, 5.41) is 1.02. The van der Waals surface area contributed by atoms with Crippen molar-refractivity contribution in [2.24, 2.45) is 0 Å². The van der Waals surface area contributed by atoms with Gasteiger partial charge in [0.05, 0.1) is 10.0 Å². The van der Waals surface area contributed by atoms with Gasteiger partial charge in [-0.05, 0) is 6.07 Å². The molecule has 0 aliphatic carbocycles. The van der Waals surface area contributed by atoms with Gasteiger partial charge in [0.1, 0.15) is 0 Å². The number of hydrogen-bond acceptors (Lipinski definition) is 1. The zero-order chi connectivity index (χ0) is 6.85. The highest BCUT2D eigenvalue weighted by atomic mass is 35.5. The standard InChI is InChI=1S/C6H3Cl2S/c7-4-2-1-3-5(8)6(4)9/h1-2,9H. The van der Waals surface area contributed by atoms with E-state index in [1.54, 1.807) is 12.1 Å². The minimum atomic E-state index is 0.464. The van der Waals surface area contributed by atoms with E-state index in [-0.39, 0.29) is 0 Å². The molecule has 0 unspecified atom stereocenters. The maximum absolute atomic E-state index is 5.63. The van der Waals surface area contributed by atoms with Crippen molar-refractivity contribution in [3.8, 4) is 0 Å². The van der Waals surface area contributed by atoms with E-state index >= 15 is 0 Å². The maximum Gasteiger partial charge on any atom is 0.0633 e. The molecule has 0 aliphatic rings. The third-order valence-corrected chi connectivity index (χ3v) is 2.21. The maximum atomic E-state index is 5.63. The Morgan fingerprint density at radius 1 is 1.44 bits per heavy atom. The lowest BCUT2D eigenvalue weighted by Crippen LogP contribution is -1.70. The van der Waals surface area contributed by atoms with Crippen molar-refractivity contribution < 1.29 is 0 Å². The highest BCUT2D eigenvalue weighted by Gasteiger charge is 1.97. The first kappa shape index (κ1) is 7.26. The SMILES string of the molecule is Sc1c(Cl)[c]ccc1Cl. The summed E-state index contributed by atoms with van der Waals surface area (Å²) in [7, 11) is 0. The second kappa shape index (κ2) is 2.82. The van der Waals surface area contributed by atoms with E-state index in [9.17, 15) is 0 Å². The first-order chi connectivity index (χ1) is 4.22. The molecule has 0 fully saturated rings. The topological polar surface area (TPSA) is 0 Å². The number of halogens is 2. The second-order valence-corrected chi connectivity index (χ2v) is 2.72. The Morgan fingerprint density at radius 3 is 2.56 bits per heavy atom. The Morgan fingerprint density at radius 2 is 2.11 bits per heavy atom. The molecule has 1 rings (SSSR count). The fraction of sp³-hybridized carbons (Fsp3) is 0. The number of thiol groups is 1. The lowest BCUT2D eigenvalue weighted by molar-refractivity contribution is 1.47. The van der Waals surface area contributed by atoms with Gasteiger partial charge in [0.25, 0.3) is 0 Å². The van der Waals surface area contributed by atoms with Gasteiger partial charge in [0.15, 0.2) is 0 Å². The van der Waals surface area contributed by atoms with Crippen molar-refractivity contribution in [2.45, 2.75) is 4.90 Å². The van der Waals surface area contributed by atoms with Crippen LogP contribution in [0.2, 0.25) is 10.0 Å². The summed E-state index contributed by atoms with van der Waals surface area (Å²) in [6.07, 6.45) is 0. The van der Waals surface area contributed by atoms with Gasteiger partial charge in [0.2, 0.25) is 0 Å². The molecule has 47 valence electrons. The molecule has 0 aromatic heterocycles. The predicted octanol–water partition coefficient (Wildman–Crippen LogP) is 3.08.